The van der Waals surface area contributed by atoms with Crippen molar-refractivity contribution in [1.82, 2.24) is 15.0 Å². The Bertz CT molecular complexity index is 440. The minimum absolute atomic E-state index is 0.144. The molecule has 0 saturated carbocycles. The third kappa shape index (κ3) is 2.03. The molecule has 0 atom stereocenters. The van der Waals surface area contributed by atoms with Gasteiger partial charge in [-0.25, -0.2) is 4.68 Å². The van der Waals surface area contributed by atoms with Crippen LogP contribution in [0, 0.1) is 10.1 Å². The quantitative estimate of drug-likeness (QED) is 0.472. The van der Waals surface area contributed by atoms with Crippen molar-refractivity contribution >= 4 is 5.82 Å². The smallest absolute Gasteiger partial charge is 0.358 e. The van der Waals surface area contributed by atoms with Crippen LogP contribution in [0.3, 0.4) is 0 Å². The van der Waals surface area contributed by atoms with E-state index in [1.165, 1.54) is 6.92 Å². The lowest BCUT2D eigenvalue weighted by molar-refractivity contribution is -0.394. The lowest BCUT2D eigenvalue weighted by Gasteiger charge is -2.18. The normalized spacial score (nSPS) is 12.8. The van der Waals surface area contributed by atoms with Crippen molar-refractivity contribution in [3.8, 4) is 0 Å². The lowest BCUT2D eigenvalue weighted by Crippen LogP contribution is -2.36. The highest BCUT2D eigenvalue weighted by atomic mass is 19.4. The van der Waals surface area contributed by atoms with E-state index in [2.05, 4.69) is 10.3 Å². The van der Waals surface area contributed by atoms with Gasteiger partial charge in [0.1, 0.15) is 5.10 Å². The second kappa shape index (κ2) is 3.89. The second-order valence-electron chi connectivity index (χ2n) is 2.91. The topological polar surface area (TPSA) is 73.8 Å². The average Bonchev–Trinajstić information content (AvgIpc) is 2.59. The summed E-state index contributed by atoms with van der Waals surface area (Å²) in [6.07, 6.45) is -5.95. The Labute approximate surface area is 90.2 Å². The molecule has 0 N–H and O–H groups in total. The van der Waals surface area contributed by atoms with Crippen LogP contribution in [0.5, 0.6) is 0 Å². The van der Waals surface area contributed by atoms with Crippen LogP contribution in [-0.4, -0.2) is 26.1 Å². The van der Waals surface area contributed by atoms with Gasteiger partial charge in [0.25, 0.3) is 0 Å². The predicted molar refractivity (Wildman–Crippen MR) is 42.3 cm³/mol. The summed E-state index contributed by atoms with van der Waals surface area (Å²) in [7, 11) is 0. The zero-order valence-electron chi connectivity index (χ0n) is 8.20. The van der Waals surface area contributed by atoms with E-state index in [1.54, 1.807) is 0 Å². The first-order valence-corrected chi connectivity index (χ1v) is 4.15. The van der Waals surface area contributed by atoms with E-state index in [0.717, 1.165) is 0 Å². The van der Waals surface area contributed by atoms with Crippen LogP contribution in [-0.2, 0) is 12.5 Å². The fourth-order valence-electron chi connectivity index (χ4n) is 1.08. The van der Waals surface area contributed by atoms with Gasteiger partial charge in [-0.15, -0.1) is 0 Å². The number of nitrogens with zero attached hydrogens (tertiary/aromatic N) is 4. The Morgan fingerprint density at radius 3 is 2.24 bits per heavy atom. The predicted octanol–water partition coefficient (Wildman–Crippen LogP) is 1.86. The van der Waals surface area contributed by atoms with E-state index in [0.29, 0.717) is 0 Å². The van der Waals surface area contributed by atoms with E-state index in [9.17, 15) is 32.1 Å². The number of nitro groups is 1. The van der Waals surface area contributed by atoms with Crippen LogP contribution in [0.4, 0.5) is 27.8 Å². The monoisotopic (exact) mass is 260 g/mol. The molecule has 0 fully saturated rings. The van der Waals surface area contributed by atoms with E-state index < -0.39 is 35.1 Å². The van der Waals surface area contributed by atoms with Crippen LogP contribution in [0.25, 0.3) is 0 Å². The van der Waals surface area contributed by atoms with Crippen molar-refractivity contribution in [1.29, 1.82) is 0 Å². The molecule has 0 amide bonds. The molecule has 0 radical (unpaired) electrons. The number of alkyl halides is 5. The maximum atomic E-state index is 13.0. The van der Waals surface area contributed by atoms with Gasteiger partial charge in [0.05, 0.1) is 5.21 Å². The van der Waals surface area contributed by atoms with E-state index in [4.69, 9.17) is 0 Å². The van der Waals surface area contributed by atoms with Gasteiger partial charge in [0.2, 0.25) is 5.69 Å². The number of aryl methyl sites for hydroxylation is 1. The van der Waals surface area contributed by atoms with Crippen molar-refractivity contribution in [3.05, 3.63) is 15.8 Å². The van der Waals surface area contributed by atoms with E-state index in [-0.39, 0.29) is 4.68 Å². The molecule has 1 aromatic heterocycles. The van der Waals surface area contributed by atoms with Gasteiger partial charge < -0.3 is 10.1 Å². The SMILES string of the molecule is CCn1nnc([N+](=O)[O-])c1C(F)(F)C(F)(F)F. The molecular weight excluding hydrogens is 255 g/mol. The largest absolute Gasteiger partial charge is 0.460 e. The molecule has 0 unspecified atom stereocenters. The highest BCUT2D eigenvalue weighted by molar-refractivity contribution is 5.30. The summed E-state index contributed by atoms with van der Waals surface area (Å²) in [6, 6.07) is 0. The molecule has 0 aromatic carbocycles. The lowest BCUT2D eigenvalue weighted by atomic mass is 10.2. The first kappa shape index (κ1) is 13.3. The molecule has 0 saturated heterocycles. The van der Waals surface area contributed by atoms with E-state index in [1.807, 2.05) is 0 Å². The standard InChI is InChI=1S/C6H5F5N4O2/c1-2-14-3(4(12-13-14)15(16)17)5(7,8)6(9,10)11/h2H2,1H3. The van der Waals surface area contributed by atoms with Crippen LogP contribution in [0.2, 0.25) is 0 Å². The molecule has 0 aliphatic rings. The zero-order valence-corrected chi connectivity index (χ0v) is 8.20. The zero-order chi connectivity index (χ0) is 13.4. The third-order valence-electron chi connectivity index (χ3n) is 1.84. The van der Waals surface area contributed by atoms with Gasteiger partial charge in [0, 0.05) is 6.54 Å². The van der Waals surface area contributed by atoms with Crippen LogP contribution < -0.4 is 0 Å². The van der Waals surface area contributed by atoms with Crippen molar-refractivity contribution in [2.45, 2.75) is 25.6 Å². The summed E-state index contributed by atoms with van der Waals surface area (Å²) in [5.41, 5.74) is -1.86. The van der Waals surface area contributed by atoms with Crippen molar-refractivity contribution in [2.24, 2.45) is 0 Å². The number of rotatable bonds is 3. The molecule has 0 aliphatic heterocycles. The summed E-state index contributed by atoms with van der Waals surface area (Å²) in [4.78, 5) is 8.88. The first-order chi connectivity index (χ1) is 7.63. The summed E-state index contributed by atoms with van der Waals surface area (Å²) in [6.45, 7) is 0.802. The minimum Gasteiger partial charge on any atom is -0.358 e. The van der Waals surface area contributed by atoms with Gasteiger partial charge in [-0.2, -0.15) is 22.0 Å². The maximum absolute atomic E-state index is 13.0. The Kier molecular flexibility index (Phi) is 3.03. The molecule has 11 heteroatoms. The number of aromatic nitrogens is 3. The summed E-state index contributed by atoms with van der Waals surface area (Å²) in [5, 5.41) is 15.9. The van der Waals surface area contributed by atoms with Crippen LogP contribution in [0.1, 0.15) is 12.6 Å². The maximum Gasteiger partial charge on any atom is 0.460 e. The molecule has 0 bridgehead atoms. The molecule has 96 valence electrons. The van der Waals surface area contributed by atoms with Gasteiger partial charge in [-0.1, -0.05) is 0 Å². The molecule has 0 aliphatic carbocycles. The van der Waals surface area contributed by atoms with Crippen molar-refractivity contribution in [3.63, 3.8) is 0 Å². The molecule has 1 rings (SSSR count). The van der Waals surface area contributed by atoms with Crippen molar-refractivity contribution < 1.29 is 26.9 Å². The van der Waals surface area contributed by atoms with Crippen molar-refractivity contribution in [2.75, 3.05) is 0 Å². The average molecular weight is 260 g/mol. The Hall–Kier alpha value is -1.81. The third-order valence-corrected chi connectivity index (χ3v) is 1.84. The highest BCUT2D eigenvalue weighted by Crippen LogP contribution is 2.46. The van der Waals surface area contributed by atoms with Gasteiger partial charge in [0.15, 0.2) is 0 Å². The summed E-state index contributed by atoms with van der Waals surface area (Å²) >= 11 is 0. The van der Waals surface area contributed by atoms with Crippen LogP contribution in [0.15, 0.2) is 0 Å². The Balaban J connectivity index is 3.47. The molecule has 17 heavy (non-hydrogen) atoms. The molecule has 1 heterocycles. The number of hydrogen-bond acceptors (Lipinski definition) is 4. The Morgan fingerprint density at radius 1 is 1.35 bits per heavy atom. The second-order valence-corrected chi connectivity index (χ2v) is 2.91. The summed E-state index contributed by atoms with van der Waals surface area (Å²) < 4.78 is 62.6. The summed E-state index contributed by atoms with van der Waals surface area (Å²) in [5.74, 6) is -6.98. The van der Waals surface area contributed by atoms with Gasteiger partial charge >= 0.3 is 17.9 Å². The minimum atomic E-state index is -5.95. The first-order valence-electron chi connectivity index (χ1n) is 4.15. The highest BCUT2D eigenvalue weighted by Gasteiger charge is 2.64. The van der Waals surface area contributed by atoms with E-state index >= 15 is 0 Å². The number of hydrogen-bond donors (Lipinski definition) is 0. The molecule has 0 spiro atoms. The van der Waals surface area contributed by atoms with Gasteiger partial charge in [-0.05, 0) is 11.8 Å². The number of halogens is 5. The fraction of sp³-hybridized carbons (Fsp3) is 0.667. The molecule has 1 aromatic rings. The molecule has 6 nitrogen and oxygen atoms in total. The van der Waals surface area contributed by atoms with Gasteiger partial charge in [-0.3, -0.25) is 0 Å². The fourth-order valence-corrected chi connectivity index (χ4v) is 1.08. The van der Waals surface area contributed by atoms with Crippen LogP contribution >= 0.6 is 0 Å². The Morgan fingerprint density at radius 2 is 1.88 bits per heavy atom. The molecular formula is C6H5F5N4O2.